The number of hydrogen-bond acceptors (Lipinski definition) is 4. The van der Waals surface area contributed by atoms with Crippen LogP contribution in [0, 0.1) is 0 Å². The molecule has 1 fully saturated rings. The third-order valence-electron chi connectivity index (χ3n) is 3.38. The highest BCUT2D eigenvalue weighted by molar-refractivity contribution is 5.29. The Morgan fingerprint density at radius 1 is 1.22 bits per heavy atom. The Morgan fingerprint density at radius 3 is 2.50 bits per heavy atom. The van der Waals surface area contributed by atoms with Crippen LogP contribution in [0.1, 0.15) is 24.4 Å². The summed E-state index contributed by atoms with van der Waals surface area (Å²) in [6.45, 7) is 4.10. The molecule has 1 atom stereocenters. The van der Waals surface area contributed by atoms with Crippen LogP contribution in [-0.2, 0) is 0 Å². The zero-order valence-corrected chi connectivity index (χ0v) is 10.7. The van der Waals surface area contributed by atoms with Gasteiger partial charge < -0.3 is 15.6 Å². The van der Waals surface area contributed by atoms with Crippen molar-refractivity contribution >= 4 is 0 Å². The van der Waals surface area contributed by atoms with Crippen molar-refractivity contribution in [1.82, 2.24) is 4.90 Å². The van der Waals surface area contributed by atoms with Crippen molar-refractivity contribution in [2.75, 3.05) is 32.8 Å². The quantitative estimate of drug-likeness (QED) is 0.795. The minimum absolute atomic E-state index is 0.0326. The average molecular weight is 250 g/mol. The maximum absolute atomic E-state index is 8.96. The maximum atomic E-state index is 8.96. The molecular formula is C14H22N2O2. The van der Waals surface area contributed by atoms with E-state index in [4.69, 9.17) is 15.6 Å². The van der Waals surface area contributed by atoms with E-state index in [1.165, 1.54) is 25.9 Å². The van der Waals surface area contributed by atoms with Crippen molar-refractivity contribution in [2.45, 2.75) is 18.9 Å². The van der Waals surface area contributed by atoms with Crippen LogP contribution >= 0.6 is 0 Å². The highest BCUT2D eigenvalue weighted by Crippen LogP contribution is 2.16. The number of aliphatic hydroxyl groups is 1. The van der Waals surface area contributed by atoms with Gasteiger partial charge in [0, 0.05) is 6.54 Å². The van der Waals surface area contributed by atoms with E-state index >= 15 is 0 Å². The summed E-state index contributed by atoms with van der Waals surface area (Å²) in [4.78, 5) is 2.43. The van der Waals surface area contributed by atoms with Crippen LogP contribution in [0.2, 0.25) is 0 Å². The van der Waals surface area contributed by atoms with Gasteiger partial charge in [0.05, 0.1) is 12.6 Å². The Kier molecular flexibility index (Phi) is 4.99. The molecular weight excluding hydrogens is 228 g/mol. The third kappa shape index (κ3) is 3.70. The summed E-state index contributed by atoms with van der Waals surface area (Å²) in [7, 11) is 0. The Bertz CT molecular complexity index is 347. The molecule has 4 heteroatoms. The zero-order chi connectivity index (χ0) is 12.8. The lowest BCUT2D eigenvalue weighted by Crippen LogP contribution is -2.25. The molecule has 1 aliphatic rings. The molecule has 0 aromatic heterocycles. The SMILES string of the molecule is N[C@@H](CO)c1ccc(OCCN2CCCC2)cc1. The summed E-state index contributed by atoms with van der Waals surface area (Å²) in [6.07, 6.45) is 2.63. The van der Waals surface area contributed by atoms with Gasteiger partial charge in [-0.25, -0.2) is 0 Å². The number of aliphatic hydroxyl groups excluding tert-OH is 1. The average Bonchev–Trinajstić information content (AvgIpc) is 2.92. The van der Waals surface area contributed by atoms with E-state index in [0.29, 0.717) is 0 Å². The van der Waals surface area contributed by atoms with Gasteiger partial charge in [-0.2, -0.15) is 0 Å². The number of rotatable bonds is 6. The topological polar surface area (TPSA) is 58.7 Å². The van der Waals surface area contributed by atoms with Crippen LogP contribution in [0.3, 0.4) is 0 Å². The number of ether oxygens (including phenoxy) is 1. The van der Waals surface area contributed by atoms with E-state index in [1.807, 2.05) is 24.3 Å². The van der Waals surface area contributed by atoms with E-state index in [1.54, 1.807) is 0 Å². The molecule has 18 heavy (non-hydrogen) atoms. The summed E-state index contributed by atoms with van der Waals surface area (Å²) in [5.74, 6) is 0.864. The lowest BCUT2D eigenvalue weighted by Gasteiger charge is -2.15. The second-order valence-corrected chi connectivity index (χ2v) is 4.76. The molecule has 0 spiro atoms. The summed E-state index contributed by atoms with van der Waals surface area (Å²) < 4.78 is 5.69. The highest BCUT2D eigenvalue weighted by Gasteiger charge is 2.10. The van der Waals surface area contributed by atoms with Crippen molar-refractivity contribution in [3.05, 3.63) is 29.8 Å². The predicted molar refractivity (Wildman–Crippen MR) is 71.6 cm³/mol. The minimum Gasteiger partial charge on any atom is -0.492 e. The Hall–Kier alpha value is -1.10. The molecule has 0 radical (unpaired) electrons. The second kappa shape index (κ2) is 6.73. The fourth-order valence-electron chi connectivity index (χ4n) is 2.22. The van der Waals surface area contributed by atoms with Gasteiger partial charge in [-0.05, 0) is 43.6 Å². The van der Waals surface area contributed by atoms with Crippen molar-refractivity contribution in [2.24, 2.45) is 5.73 Å². The molecule has 1 saturated heterocycles. The molecule has 0 saturated carbocycles. The van der Waals surface area contributed by atoms with E-state index in [9.17, 15) is 0 Å². The van der Waals surface area contributed by atoms with Crippen LogP contribution in [0.5, 0.6) is 5.75 Å². The summed E-state index contributed by atoms with van der Waals surface area (Å²) in [5.41, 5.74) is 6.66. The fourth-order valence-corrected chi connectivity index (χ4v) is 2.22. The molecule has 2 rings (SSSR count). The summed E-state index contributed by atoms with van der Waals surface area (Å²) in [5, 5.41) is 8.96. The van der Waals surface area contributed by atoms with Crippen LogP contribution in [0.4, 0.5) is 0 Å². The second-order valence-electron chi connectivity index (χ2n) is 4.76. The lowest BCUT2D eigenvalue weighted by atomic mass is 10.1. The number of hydrogen-bond donors (Lipinski definition) is 2. The largest absolute Gasteiger partial charge is 0.492 e. The van der Waals surface area contributed by atoms with Gasteiger partial charge >= 0.3 is 0 Å². The number of nitrogens with two attached hydrogens (primary N) is 1. The third-order valence-corrected chi connectivity index (χ3v) is 3.38. The summed E-state index contributed by atoms with van der Waals surface area (Å²) >= 11 is 0. The highest BCUT2D eigenvalue weighted by atomic mass is 16.5. The molecule has 100 valence electrons. The monoisotopic (exact) mass is 250 g/mol. The van der Waals surface area contributed by atoms with Gasteiger partial charge in [-0.3, -0.25) is 4.90 Å². The molecule has 0 amide bonds. The standard InChI is InChI=1S/C14H22N2O2/c15-14(11-17)12-3-5-13(6-4-12)18-10-9-16-7-1-2-8-16/h3-6,14,17H,1-2,7-11,15H2/t14-/m0/s1. The lowest BCUT2D eigenvalue weighted by molar-refractivity contribution is 0.237. The van der Waals surface area contributed by atoms with Gasteiger partial charge in [0.25, 0.3) is 0 Å². The van der Waals surface area contributed by atoms with Crippen LogP contribution in [0.25, 0.3) is 0 Å². The van der Waals surface area contributed by atoms with E-state index in [-0.39, 0.29) is 12.6 Å². The van der Waals surface area contributed by atoms with Gasteiger partial charge in [0.15, 0.2) is 0 Å². The molecule has 1 heterocycles. The predicted octanol–water partition coefficient (Wildman–Crippen LogP) is 1.15. The molecule has 1 aromatic carbocycles. The molecule has 0 unspecified atom stereocenters. The van der Waals surface area contributed by atoms with Crippen molar-refractivity contribution < 1.29 is 9.84 Å². The number of nitrogens with zero attached hydrogens (tertiary/aromatic N) is 1. The van der Waals surface area contributed by atoms with Crippen LogP contribution in [-0.4, -0.2) is 42.9 Å². The summed E-state index contributed by atoms with van der Waals surface area (Å²) in [6, 6.07) is 7.34. The van der Waals surface area contributed by atoms with Gasteiger partial charge in [-0.15, -0.1) is 0 Å². The first-order valence-electron chi connectivity index (χ1n) is 6.61. The van der Waals surface area contributed by atoms with Crippen molar-refractivity contribution in [3.63, 3.8) is 0 Å². The molecule has 1 aromatic rings. The first-order chi connectivity index (χ1) is 8.79. The van der Waals surface area contributed by atoms with Crippen molar-refractivity contribution in [3.8, 4) is 5.75 Å². The Balaban J connectivity index is 1.75. The van der Waals surface area contributed by atoms with E-state index in [2.05, 4.69) is 4.90 Å². The minimum atomic E-state index is -0.302. The van der Waals surface area contributed by atoms with Crippen molar-refractivity contribution in [1.29, 1.82) is 0 Å². The Morgan fingerprint density at radius 2 is 1.89 bits per heavy atom. The van der Waals surface area contributed by atoms with E-state index in [0.717, 1.165) is 24.5 Å². The number of likely N-dealkylation sites (tertiary alicyclic amines) is 1. The normalized spacial score (nSPS) is 17.9. The van der Waals surface area contributed by atoms with Gasteiger partial charge in [-0.1, -0.05) is 12.1 Å². The first-order valence-corrected chi connectivity index (χ1v) is 6.61. The molecule has 4 nitrogen and oxygen atoms in total. The molecule has 3 N–H and O–H groups in total. The molecule has 0 bridgehead atoms. The van der Waals surface area contributed by atoms with E-state index < -0.39 is 0 Å². The van der Waals surface area contributed by atoms with Gasteiger partial charge in [0.1, 0.15) is 12.4 Å². The maximum Gasteiger partial charge on any atom is 0.119 e. The Labute approximate surface area is 108 Å². The number of benzene rings is 1. The first kappa shape index (κ1) is 13.3. The molecule has 0 aliphatic carbocycles. The fraction of sp³-hybridized carbons (Fsp3) is 0.571. The van der Waals surface area contributed by atoms with Crippen LogP contribution < -0.4 is 10.5 Å². The smallest absolute Gasteiger partial charge is 0.119 e. The van der Waals surface area contributed by atoms with Crippen LogP contribution in [0.15, 0.2) is 24.3 Å². The molecule has 1 aliphatic heterocycles. The van der Waals surface area contributed by atoms with Gasteiger partial charge in [0.2, 0.25) is 0 Å². The zero-order valence-electron chi connectivity index (χ0n) is 10.7.